The maximum absolute atomic E-state index is 12.8. The van der Waals surface area contributed by atoms with Gasteiger partial charge >= 0.3 is 0 Å². The van der Waals surface area contributed by atoms with E-state index in [1.807, 2.05) is 60.7 Å². The number of carbonyl (C=O) groups excluding carboxylic acids is 2. The Morgan fingerprint density at radius 3 is 1.42 bits per heavy atom. The lowest BCUT2D eigenvalue weighted by Crippen LogP contribution is -2.33. The zero-order chi connectivity index (χ0) is 32.7. The first kappa shape index (κ1) is 32.0. The lowest BCUT2D eigenvalue weighted by molar-refractivity contribution is 0.0943. The minimum atomic E-state index is -0.0575. The van der Waals surface area contributed by atoms with Crippen molar-refractivity contribution in [2.24, 2.45) is 0 Å². The summed E-state index contributed by atoms with van der Waals surface area (Å²) < 4.78 is 0. The Kier molecular flexibility index (Phi) is 10.1. The van der Waals surface area contributed by atoms with E-state index >= 15 is 0 Å². The number of benzene rings is 3. The van der Waals surface area contributed by atoms with Crippen LogP contribution in [0.1, 0.15) is 72.1 Å². The van der Waals surface area contributed by atoms with Crippen LogP contribution in [0.15, 0.2) is 60.7 Å². The molecule has 10 heteroatoms. The van der Waals surface area contributed by atoms with Crippen LogP contribution in [0, 0.1) is 0 Å². The number of aromatic amines is 2. The first-order chi connectivity index (χ1) is 23.6. The summed E-state index contributed by atoms with van der Waals surface area (Å²) in [7, 11) is 0. The van der Waals surface area contributed by atoms with Crippen molar-refractivity contribution in [3.05, 3.63) is 71.8 Å². The maximum Gasteiger partial charge on any atom is 0.251 e. The van der Waals surface area contributed by atoms with E-state index in [9.17, 15) is 9.59 Å². The van der Waals surface area contributed by atoms with Gasteiger partial charge < -0.3 is 30.4 Å². The van der Waals surface area contributed by atoms with Gasteiger partial charge in [-0.1, -0.05) is 37.1 Å². The molecular weight excluding hydrogens is 600 g/mol. The Balaban J connectivity index is 0.943. The first-order valence-corrected chi connectivity index (χ1v) is 17.7. The first-order valence-electron chi connectivity index (χ1n) is 17.7. The number of amides is 2. The van der Waals surface area contributed by atoms with Crippen molar-refractivity contribution in [1.29, 1.82) is 0 Å². The van der Waals surface area contributed by atoms with Crippen LogP contribution in [0.5, 0.6) is 0 Å². The van der Waals surface area contributed by atoms with Gasteiger partial charge in [0.05, 0.1) is 22.1 Å². The van der Waals surface area contributed by atoms with Gasteiger partial charge in [0.1, 0.15) is 11.6 Å². The fourth-order valence-corrected chi connectivity index (χ4v) is 6.94. The number of rotatable bonds is 12. The number of fused-ring (bicyclic) bond motifs is 2. The molecule has 2 aromatic heterocycles. The summed E-state index contributed by atoms with van der Waals surface area (Å²) in [6.45, 7) is 8.14. The molecule has 2 amide bonds. The molecule has 10 nitrogen and oxygen atoms in total. The lowest BCUT2D eigenvalue weighted by atomic mass is 10.1. The highest BCUT2D eigenvalue weighted by molar-refractivity contribution is 5.98. The molecule has 2 aliphatic rings. The summed E-state index contributed by atoms with van der Waals surface area (Å²) >= 11 is 0. The Morgan fingerprint density at radius 2 is 1.00 bits per heavy atom. The predicted molar refractivity (Wildman–Crippen MR) is 191 cm³/mol. The average molecular weight is 647 g/mol. The Hall–Kier alpha value is -4.54. The molecule has 0 unspecified atom stereocenters. The van der Waals surface area contributed by atoms with E-state index in [1.54, 1.807) is 0 Å². The largest absolute Gasteiger partial charge is 0.352 e. The summed E-state index contributed by atoms with van der Waals surface area (Å²) in [5, 5.41) is 6.14. The summed E-state index contributed by atoms with van der Waals surface area (Å²) in [5.41, 5.74) is 6.42. The number of piperidine rings is 2. The Morgan fingerprint density at radius 1 is 0.583 bits per heavy atom. The molecule has 48 heavy (non-hydrogen) atoms. The number of aromatic nitrogens is 4. The highest BCUT2D eigenvalue weighted by Crippen LogP contribution is 2.26. The molecule has 0 atom stereocenters. The molecule has 0 bridgehead atoms. The van der Waals surface area contributed by atoms with Gasteiger partial charge in [-0.2, -0.15) is 0 Å². The summed E-state index contributed by atoms with van der Waals surface area (Å²) in [6, 6.07) is 19.3. The van der Waals surface area contributed by atoms with Crippen molar-refractivity contribution >= 4 is 33.9 Å². The topological polar surface area (TPSA) is 122 Å². The fourth-order valence-electron chi connectivity index (χ4n) is 6.94. The molecule has 250 valence electrons. The highest BCUT2D eigenvalue weighted by Gasteiger charge is 2.14. The lowest BCUT2D eigenvalue weighted by Gasteiger charge is -2.26. The van der Waals surface area contributed by atoms with Crippen molar-refractivity contribution in [2.75, 3.05) is 52.4 Å². The minimum absolute atomic E-state index is 0.0575. The number of imidazole rings is 2. The zero-order valence-electron chi connectivity index (χ0n) is 27.7. The van der Waals surface area contributed by atoms with Crippen LogP contribution < -0.4 is 10.6 Å². The number of likely N-dealkylation sites (tertiary alicyclic amines) is 2. The SMILES string of the molecule is O=C(NCCCN1CCCCC1)c1ccc2nc(-c3ccc(-c4nc5ccc(C(=O)NCCCN6CCCCC6)cc5[nH]4)cc3)[nH]c2c1. The highest BCUT2D eigenvalue weighted by atomic mass is 16.2. The molecule has 3 aromatic carbocycles. The molecule has 7 rings (SSSR count). The summed E-state index contributed by atoms with van der Waals surface area (Å²) in [5.74, 6) is 1.37. The van der Waals surface area contributed by atoms with Gasteiger partial charge in [-0.15, -0.1) is 0 Å². The molecule has 2 saturated heterocycles. The molecule has 0 spiro atoms. The molecule has 5 aromatic rings. The van der Waals surface area contributed by atoms with E-state index in [0.717, 1.165) is 70.8 Å². The van der Waals surface area contributed by atoms with Crippen LogP contribution in [-0.2, 0) is 0 Å². The van der Waals surface area contributed by atoms with Gasteiger partial charge in [-0.3, -0.25) is 9.59 Å². The molecule has 0 saturated carbocycles. The van der Waals surface area contributed by atoms with Gasteiger partial charge in [-0.25, -0.2) is 9.97 Å². The van der Waals surface area contributed by atoms with Crippen LogP contribution in [-0.4, -0.2) is 93.9 Å². The van der Waals surface area contributed by atoms with Gasteiger partial charge in [0.2, 0.25) is 0 Å². The summed E-state index contributed by atoms with van der Waals surface area (Å²) in [4.78, 5) is 46.9. The van der Waals surface area contributed by atoms with Crippen molar-refractivity contribution in [1.82, 2.24) is 40.4 Å². The fraction of sp³-hybridized carbons (Fsp3) is 0.421. The quantitative estimate of drug-likeness (QED) is 0.124. The standard InChI is InChI=1S/C38H46N8O2/c47-37(39-17-7-23-45-19-3-1-4-20-45)29-13-15-31-33(25-29)43-35(41-31)27-9-11-28(12-10-27)36-42-32-16-14-30(26-34(32)44-36)38(48)40-18-8-24-46-21-5-2-6-22-46/h9-16,25-26H,1-8,17-24H2,(H,39,47)(H,40,48)(H,41,43)(H,42,44). The monoisotopic (exact) mass is 646 g/mol. The van der Waals surface area contributed by atoms with E-state index in [0.29, 0.717) is 24.2 Å². The van der Waals surface area contributed by atoms with Crippen LogP contribution in [0.3, 0.4) is 0 Å². The van der Waals surface area contributed by atoms with Gasteiger partial charge in [0.15, 0.2) is 0 Å². The number of carbonyl (C=O) groups is 2. The van der Waals surface area contributed by atoms with E-state index in [2.05, 4.69) is 30.4 Å². The molecule has 0 aliphatic carbocycles. The van der Waals surface area contributed by atoms with E-state index < -0.39 is 0 Å². The Labute approximate surface area is 281 Å². The van der Waals surface area contributed by atoms with Crippen molar-refractivity contribution in [3.63, 3.8) is 0 Å². The third-order valence-electron chi connectivity index (χ3n) is 9.69. The third kappa shape index (κ3) is 7.77. The number of hydrogen-bond donors (Lipinski definition) is 4. The normalized spacial score (nSPS) is 16.0. The summed E-state index contributed by atoms with van der Waals surface area (Å²) in [6.07, 6.45) is 9.73. The van der Waals surface area contributed by atoms with Crippen LogP contribution >= 0.6 is 0 Å². The number of nitrogens with zero attached hydrogens (tertiary/aromatic N) is 4. The van der Waals surface area contributed by atoms with Crippen LogP contribution in [0.4, 0.5) is 0 Å². The average Bonchev–Trinajstić information content (AvgIpc) is 3.77. The number of nitrogens with one attached hydrogen (secondary N) is 4. The van der Waals surface area contributed by atoms with Crippen molar-refractivity contribution < 1.29 is 9.59 Å². The maximum atomic E-state index is 12.8. The predicted octanol–water partition coefficient (Wildman–Crippen LogP) is 5.98. The second-order valence-electron chi connectivity index (χ2n) is 13.2. The van der Waals surface area contributed by atoms with Gasteiger partial charge in [-0.05, 0) is 114 Å². The Bertz CT molecular complexity index is 1710. The zero-order valence-corrected chi connectivity index (χ0v) is 27.7. The number of H-pyrrole nitrogens is 2. The van der Waals surface area contributed by atoms with Gasteiger partial charge in [0, 0.05) is 35.3 Å². The molecule has 0 radical (unpaired) electrons. The van der Waals surface area contributed by atoms with E-state index in [-0.39, 0.29) is 11.8 Å². The van der Waals surface area contributed by atoms with Crippen molar-refractivity contribution in [3.8, 4) is 22.8 Å². The molecule has 4 N–H and O–H groups in total. The van der Waals surface area contributed by atoms with Gasteiger partial charge in [0.25, 0.3) is 11.8 Å². The molecular formula is C38H46N8O2. The third-order valence-corrected chi connectivity index (χ3v) is 9.69. The molecule has 4 heterocycles. The van der Waals surface area contributed by atoms with E-state index in [4.69, 9.17) is 9.97 Å². The second kappa shape index (κ2) is 15.1. The minimum Gasteiger partial charge on any atom is -0.352 e. The smallest absolute Gasteiger partial charge is 0.251 e. The van der Waals surface area contributed by atoms with E-state index in [1.165, 1.54) is 64.7 Å². The van der Waals surface area contributed by atoms with Crippen LogP contribution in [0.2, 0.25) is 0 Å². The molecule has 2 fully saturated rings. The second-order valence-corrected chi connectivity index (χ2v) is 13.2. The van der Waals surface area contributed by atoms with Crippen molar-refractivity contribution in [2.45, 2.75) is 51.4 Å². The van der Waals surface area contributed by atoms with Crippen LogP contribution in [0.25, 0.3) is 44.8 Å². The molecule has 2 aliphatic heterocycles. The number of hydrogen-bond acceptors (Lipinski definition) is 6.